The van der Waals surface area contributed by atoms with E-state index in [1.54, 1.807) is 0 Å². The molecule has 1 aliphatic heterocycles. The molecule has 1 unspecified atom stereocenters. The maximum atomic E-state index is 12.1. The molecule has 0 aromatic carbocycles. The number of ether oxygens (including phenoxy) is 1. The molecule has 0 aromatic rings. The molecule has 0 radical (unpaired) electrons. The van der Waals surface area contributed by atoms with Gasteiger partial charge in [0.1, 0.15) is 6.04 Å². The number of carbonyl (C=O) groups excluding carboxylic acids is 1. The van der Waals surface area contributed by atoms with Crippen LogP contribution in [0, 0.1) is 5.92 Å². The van der Waals surface area contributed by atoms with E-state index >= 15 is 0 Å². The van der Waals surface area contributed by atoms with Gasteiger partial charge in [0.15, 0.2) is 0 Å². The van der Waals surface area contributed by atoms with Gasteiger partial charge in [-0.15, -0.1) is 0 Å². The van der Waals surface area contributed by atoms with Crippen molar-refractivity contribution in [3.63, 3.8) is 0 Å². The fourth-order valence-corrected chi connectivity index (χ4v) is 2.15. The standard InChI is InChI=1S/C13H24N2O4/c1-4-19-8-10(9(2)3)14-13(18)15-7-5-6-11(15)12(16)17/h9-11H,4-8H2,1-3H3,(H,14,18)(H,16,17)/t10?,11-/m1/s1. The Balaban J connectivity index is 2.58. The Hall–Kier alpha value is -1.30. The van der Waals surface area contributed by atoms with Crippen LogP contribution in [-0.2, 0) is 9.53 Å². The second-order valence-electron chi connectivity index (χ2n) is 5.15. The van der Waals surface area contributed by atoms with Crippen LogP contribution in [0.25, 0.3) is 0 Å². The maximum absolute atomic E-state index is 12.1. The van der Waals surface area contributed by atoms with E-state index in [0.717, 1.165) is 6.42 Å². The van der Waals surface area contributed by atoms with Crippen LogP contribution < -0.4 is 5.32 Å². The zero-order valence-corrected chi connectivity index (χ0v) is 11.9. The molecule has 0 saturated carbocycles. The highest BCUT2D eigenvalue weighted by molar-refractivity contribution is 5.83. The third-order valence-corrected chi connectivity index (χ3v) is 3.41. The lowest BCUT2D eigenvalue weighted by Crippen LogP contribution is -2.51. The molecular formula is C13H24N2O4. The smallest absolute Gasteiger partial charge is 0.326 e. The summed E-state index contributed by atoms with van der Waals surface area (Å²) < 4.78 is 5.35. The first kappa shape index (κ1) is 15.8. The summed E-state index contributed by atoms with van der Waals surface area (Å²) in [7, 11) is 0. The molecule has 2 N–H and O–H groups in total. The molecule has 2 amide bonds. The highest BCUT2D eigenvalue weighted by Crippen LogP contribution is 2.17. The zero-order valence-electron chi connectivity index (χ0n) is 11.9. The van der Waals surface area contributed by atoms with Crippen molar-refractivity contribution < 1.29 is 19.4 Å². The number of likely N-dealkylation sites (tertiary alicyclic amines) is 1. The minimum absolute atomic E-state index is 0.0949. The topological polar surface area (TPSA) is 78.9 Å². The van der Waals surface area contributed by atoms with Gasteiger partial charge in [-0.05, 0) is 25.7 Å². The highest BCUT2D eigenvalue weighted by atomic mass is 16.5. The van der Waals surface area contributed by atoms with Gasteiger partial charge in [-0.3, -0.25) is 0 Å². The van der Waals surface area contributed by atoms with E-state index in [9.17, 15) is 9.59 Å². The maximum Gasteiger partial charge on any atom is 0.326 e. The number of carboxylic acids is 1. The molecule has 1 aliphatic rings. The molecule has 19 heavy (non-hydrogen) atoms. The van der Waals surface area contributed by atoms with E-state index in [4.69, 9.17) is 9.84 Å². The lowest BCUT2D eigenvalue weighted by atomic mass is 10.1. The normalized spacial score (nSPS) is 20.6. The van der Waals surface area contributed by atoms with Gasteiger partial charge in [-0.2, -0.15) is 0 Å². The Morgan fingerprint density at radius 3 is 2.68 bits per heavy atom. The van der Waals surface area contributed by atoms with Crippen molar-refractivity contribution >= 4 is 12.0 Å². The number of rotatable bonds is 6. The van der Waals surface area contributed by atoms with Crippen LogP contribution in [0.15, 0.2) is 0 Å². The highest BCUT2D eigenvalue weighted by Gasteiger charge is 2.34. The molecule has 6 heteroatoms. The number of amides is 2. The summed E-state index contributed by atoms with van der Waals surface area (Å²) in [4.78, 5) is 24.6. The Kier molecular flexibility index (Phi) is 6.08. The molecule has 0 bridgehead atoms. The first-order valence-electron chi connectivity index (χ1n) is 6.85. The monoisotopic (exact) mass is 272 g/mol. The van der Waals surface area contributed by atoms with Gasteiger partial charge in [0.25, 0.3) is 0 Å². The molecule has 6 nitrogen and oxygen atoms in total. The Morgan fingerprint density at radius 2 is 2.16 bits per heavy atom. The molecule has 2 atom stereocenters. The number of nitrogens with zero attached hydrogens (tertiary/aromatic N) is 1. The van der Waals surface area contributed by atoms with Gasteiger partial charge in [-0.1, -0.05) is 13.8 Å². The predicted octanol–water partition coefficient (Wildman–Crippen LogP) is 1.31. The number of nitrogens with one attached hydrogen (secondary N) is 1. The van der Waals surface area contributed by atoms with Gasteiger partial charge < -0.3 is 20.1 Å². The van der Waals surface area contributed by atoms with Gasteiger partial charge in [-0.25, -0.2) is 9.59 Å². The zero-order chi connectivity index (χ0) is 14.4. The van der Waals surface area contributed by atoms with Crippen molar-refractivity contribution in [3.05, 3.63) is 0 Å². The van der Waals surface area contributed by atoms with Crippen LogP contribution in [0.1, 0.15) is 33.6 Å². The van der Waals surface area contributed by atoms with Gasteiger partial charge in [0, 0.05) is 13.2 Å². The number of carboxylic acid groups (broad SMARTS) is 1. The van der Waals surface area contributed by atoms with E-state index < -0.39 is 12.0 Å². The van der Waals surface area contributed by atoms with Crippen molar-refractivity contribution in [1.29, 1.82) is 0 Å². The third kappa shape index (κ3) is 4.38. The number of hydrogen-bond acceptors (Lipinski definition) is 3. The predicted molar refractivity (Wildman–Crippen MR) is 71.0 cm³/mol. The first-order chi connectivity index (χ1) is 8.97. The first-order valence-corrected chi connectivity index (χ1v) is 6.85. The fourth-order valence-electron chi connectivity index (χ4n) is 2.15. The van der Waals surface area contributed by atoms with Crippen LogP contribution in [0.2, 0.25) is 0 Å². The van der Waals surface area contributed by atoms with Gasteiger partial charge in [0.2, 0.25) is 0 Å². The van der Waals surface area contributed by atoms with Crippen molar-refractivity contribution in [1.82, 2.24) is 10.2 Å². The van der Waals surface area contributed by atoms with E-state index in [1.165, 1.54) is 4.90 Å². The number of urea groups is 1. The molecule has 1 heterocycles. The average Bonchev–Trinajstić information content (AvgIpc) is 2.83. The summed E-state index contributed by atoms with van der Waals surface area (Å²) in [5.41, 5.74) is 0. The van der Waals surface area contributed by atoms with Crippen molar-refractivity contribution in [2.75, 3.05) is 19.8 Å². The summed E-state index contributed by atoms with van der Waals surface area (Å²) in [6.45, 7) is 7.46. The minimum Gasteiger partial charge on any atom is -0.480 e. The van der Waals surface area contributed by atoms with Crippen molar-refractivity contribution in [3.8, 4) is 0 Å². The lowest BCUT2D eigenvalue weighted by Gasteiger charge is -2.27. The summed E-state index contributed by atoms with van der Waals surface area (Å²) in [6, 6.07) is -1.09. The largest absolute Gasteiger partial charge is 0.480 e. The average molecular weight is 272 g/mol. The van der Waals surface area contributed by atoms with Crippen molar-refractivity contribution in [2.45, 2.75) is 45.7 Å². The number of aliphatic carboxylic acids is 1. The molecular weight excluding hydrogens is 248 g/mol. The molecule has 1 saturated heterocycles. The molecule has 1 fully saturated rings. The molecule has 0 aromatic heterocycles. The molecule has 1 rings (SSSR count). The number of carbonyl (C=O) groups is 2. The summed E-state index contributed by atoms with van der Waals surface area (Å²) in [5, 5.41) is 11.9. The van der Waals surface area contributed by atoms with Crippen LogP contribution in [0.4, 0.5) is 4.79 Å². The van der Waals surface area contributed by atoms with E-state index in [-0.39, 0.29) is 18.0 Å². The second-order valence-corrected chi connectivity index (χ2v) is 5.15. The Labute approximate surface area is 114 Å². The van der Waals surface area contributed by atoms with Gasteiger partial charge in [0.05, 0.1) is 12.6 Å². The third-order valence-electron chi connectivity index (χ3n) is 3.41. The second kappa shape index (κ2) is 7.33. The van der Waals surface area contributed by atoms with Crippen LogP contribution in [0.5, 0.6) is 0 Å². The van der Waals surface area contributed by atoms with E-state index in [0.29, 0.717) is 26.2 Å². The summed E-state index contributed by atoms with van der Waals surface area (Å²) >= 11 is 0. The molecule has 110 valence electrons. The molecule has 0 spiro atoms. The quantitative estimate of drug-likeness (QED) is 0.764. The van der Waals surface area contributed by atoms with Crippen LogP contribution >= 0.6 is 0 Å². The SMILES string of the molecule is CCOCC(NC(=O)N1CCC[C@@H]1C(=O)O)C(C)C. The lowest BCUT2D eigenvalue weighted by molar-refractivity contribution is -0.141. The van der Waals surface area contributed by atoms with Gasteiger partial charge >= 0.3 is 12.0 Å². The fraction of sp³-hybridized carbons (Fsp3) is 0.846. The number of hydrogen-bond donors (Lipinski definition) is 2. The summed E-state index contributed by atoms with van der Waals surface area (Å²) in [6.07, 6.45) is 1.27. The molecule has 0 aliphatic carbocycles. The van der Waals surface area contributed by atoms with Crippen LogP contribution in [-0.4, -0.2) is 53.8 Å². The Morgan fingerprint density at radius 1 is 1.47 bits per heavy atom. The van der Waals surface area contributed by atoms with E-state index in [1.807, 2.05) is 20.8 Å². The Bertz CT molecular complexity index is 320. The summed E-state index contributed by atoms with van der Waals surface area (Å²) in [5.74, 6) is -0.695. The van der Waals surface area contributed by atoms with E-state index in [2.05, 4.69) is 5.32 Å². The minimum atomic E-state index is -0.932. The van der Waals surface area contributed by atoms with Crippen LogP contribution in [0.3, 0.4) is 0 Å². The van der Waals surface area contributed by atoms with Crippen molar-refractivity contribution in [2.24, 2.45) is 5.92 Å².